The summed E-state index contributed by atoms with van der Waals surface area (Å²) in [6.45, 7) is 5.59. The van der Waals surface area contributed by atoms with Crippen molar-refractivity contribution in [2.75, 3.05) is 7.05 Å². The Balaban J connectivity index is 4.41. The molecule has 0 saturated heterocycles. The maximum atomic E-state index is 10.9. The molecule has 0 aromatic carbocycles. The fourth-order valence-electron chi connectivity index (χ4n) is 0.570. The van der Waals surface area contributed by atoms with Crippen molar-refractivity contribution in [3.63, 3.8) is 0 Å². The van der Waals surface area contributed by atoms with Crippen molar-refractivity contribution in [3.05, 3.63) is 4.91 Å². The minimum Gasteiger partial charge on any atom is -0.340 e. The minimum atomic E-state index is -1.93. The SMILES string of the molecule is CNC(=O)N(N=O)[Si](C)(C)C. The predicted molar refractivity (Wildman–Crippen MR) is 45.4 cm³/mol. The summed E-state index contributed by atoms with van der Waals surface area (Å²) in [4.78, 5) is 21.1. The van der Waals surface area contributed by atoms with Crippen LogP contribution in [-0.4, -0.2) is 26.0 Å². The zero-order chi connectivity index (χ0) is 9.07. The highest BCUT2D eigenvalue weighted by molar-refractivity contribution is 6.75. The van der Waals surface area contributed by atoms with Gasteiger partial charge >= 0.3 is 6.03 Å². The van der Waals surface area contributed by atoms with E-state index in [1.54, 1.807) is 0 Å². The summed E-state index contributed by atoms with van der Waals surface area (Å²) >= 11 is 0. The molecule has 0 atom stereocenters. The molecule has 0 rings (SSSR count). The second-order valence-corrected chi connectivity index (χ2v) is 7.88. The third-order valence-corrected chi connectivity index (χ3v) is 2.68. The highest BCUT2D eigenvalue weighted by atomic mass is 28.3. The van der Waals surface area contributed by atoms with Gasteiger partial charge in [0, 0.05) is 7.05 Å². The van der Waals surface area contributed by atoms with Crippen molar-refractivity contribution in [3.8, 4) is 0 Å². The number of amides is 2. The largest absolute Gasteiger partial charge is 0.340 e. The Hall–Kier alpha value is -0.913. The fourth-order valence-corrected chi connectivity index (χ4v) is 1.54. The Bertz CT molecular complexity index is 166. The van der Waals surface area contributed by atoms with Gasteiger partial charge in [0.25, 0.3) is 0 Å². The van der Waals surface area contributed by atoms with Gasteiger partial charge in [-0.05, 0) is 19.6 Å². The number of nitroso groups, excluding NO2 is 1. The number of nitrogens with zero attached hydrogens (tertiary/aromatic N) is 2. The van der Waals surface area contributed by atoms with Gasteiger partial charge in [-0.2, -0.15) is 0 Å². The van der Waals surface area contributed by atoms with Crippen LogP contribution in [0.25, 0.3) is 0 Å². The third kappa shape index (κ3) is 2.66. The Morgan fingerprint density at radius 2 is 1.91 bits per heavy atom. The molecule has 0 bridgehead atoms. The number of carbonyl (C=O) groups is 1. The average molecular weight is 175 g/mol. The molecule has 11 heavy (non-hydrogen) atoms. The van der Waals surface area contributed by atoms with Gasteiger partial charge in [-0.15, -0.1) is 4.91 Å². The zero-order valence-electron chi connectivity index (χ0n) is 7.21. The lowest BCUT2D eigenvalue weighted by Crippen LogP contribution is -2.49. The summed E-state index contributed by atoms with van der Waals surface area (Å²) in [6, 6.07) is -0.431. The molecular weight excluding hydrogens is 162 g/mol. The topological polar surface area (TPSA) is 61.8 Å². The first-order valence-electron chi connectivity index (χ1n) is 3.28. The Kier molecular flexibility index (Phi) is 3.18. The smallest absolute Gasteiger partial charge is 0.331 e. The highest BCUT2D eigenvalue weighted by Crippen LogP contribution is 2.08. The van der Waals surface area contributed by atoms with Crippen LogP contribution in [0.2, 0.25) is 19.6 Å². The molecule has 0 heterocycles. The van der Waals surface area contributed by atoms with E-state index >= 15 is 0 Å². The number of urea groups is 1. The summed E-state index contributed by atoms with van der Waals surface area (Å²) < 4.78 is 0.993. The van der Waals surface area contributed by atoms with Crippen LogP contribution in [0, 0.1) is 4.91 Å². The van der Waals surface area contributed by atoms with E-state index in [-0.39, 0.29) is 0 Å². The summed E-state index contributed by atoms with van der Waals surface area (Å²) in [5.74, 6) is 0. The van der Waals surface area contributed by atoms with Gasteiger partial charge in [0.15, 0.2) is 8.24 Å². The Labute approximate surface area is 66.8 Å². The number of nitrogens with one attached hydrogen (secondary N) is 1. The summed E-state index contributed by atoms with van der Waals surface area (Å²) in [7, 11) is -0.456. The number of rotatable bonds is 2. The Morgan fingerprint density at radius 3 is 2.00 bits per heavy atom. The molecule has 0 fully saturated rings. The quantitative estimate of drug-likeness (QED) is 0.388. The molecule has 0 aliphatic carbocycles. The summed E-state index contributed by atoms with van der Waals surface area (Å²) in [6.07, 6.45) is 0. The van der Waals surface area contributed by atoms with E-state index < -0.39 is 14.3 Å². The molecule has 0 aromatic heterocycles. The normalized spacial score (nSPS) is 10.5. The van der Waals surface area contributed by atoms with E-state index in [1.165, 1.54) is 7.05 Å². The van der Waals surface area contributed by atoms with Crippen LogP contribution in [0.5, 0.6) is 0 Å². The van der Waals surface area contributed by atoms with Crippen LogP contribution >= 0.6 is 0 Å². The molecule has 2 amide bonds. The molecule has 1 N–H and O–H groups in total. The highest BCUT2D eigenvalue weighted by Gasteiger charge is 2.29. The van der Waals surface area contributed by atoms with Crippen molar-refractivity contribution in [1.82, 2.24) is 9.99 Å². The number of hydrogen-bond acceptors (Lipinski definition) is 3. The maximum Gasteiger partial charge on any atom is 0.331 e. The minimum absolute atomic E-state index is 0.431. The van der Waals surface area contributed by atoms with Crippen molar-refractivity contribution in [2.24, 2.45) is 5.29 Å². The van der Waals surface area contributed by atoms with Crippen molar-refractivity contribution in [2.45, 2.75) is 19.6 Å². The zero-order valence-corrected chi connectivity index (χ0v) is 8.21. The summed E-state index contributed by atoms with van der Waals surface area (Å²) in [5, 5.41) is 5.01. The van der Waals surface area contributed by atoms with E-state index in [9.17, 15) is 9.70 Å². The number of hydrogen-bond donors (Lipinski definition) is 1. The second kappa shape index (κ2) is 3.47. The van der Waals surface area contributed by atoms with Gasteiger partial charge in [0.05, 0.1) is 5.29 Å². The lowest BCUT2D eigenvalue weighted by atomic mass is 11.0. The van der Waals surface area contributed by atoms with E-state index in [0.717, 1.165) is 4.67 Å². The molecule has 0 aliphatic heterocycles. The van der Waals surface area contributed by atoms with E-state index in [4.69, 9.17) is 0 Å². The monoisotopic (exact) mass is 175 g/mol. The van der Waals surface area contributed by atoms with Gasteiger partial charge in [-0.3, -0.25) is 0 Å². The molecule has 0 saturated carbocycles. The second-order valence-electron chi connectivity index (χ2n) is 3.12. The molecule has 0 spiro atoms. The van der Waals surface area contributed by atoms with Gasteiger partial charge in [-0.25, -0.2) is 9.47 Å². The summed E-state index contributed by atoms with van der Waals surface area (Å²) in [5.41, 5.74) is 0. The van der Waals surface area contributed by atoms with Crippen LogP contribution in [0.1, 0.15) is 0 Å². The van der Waals surface area contributed by atoms with E-state index in [2.05, 4.69) is 10.6 Å². The van der Waals surface area contributed by atoms with E-state index in [1.807, 2.05) is 19.6 Å². The van der Waals surface area contributed by atoms with Crippen LogP contribution < -0.4 is 5.32 Å². The van der Waals surface area contributed by atoms with Crippen molar-refractivity contribution < 1.29 is 4.79 Å². The molecule has 5 nitrogen and oxygen atoms in total. The van der Waals surface area contributed by atoms with Crippen LogP contribution in [0.3, 0.4) is 0 Å². The first-order chi connectivity index (χ1) is 4.93. The van der Waals surface area contributed by atoms with Gasteiger partial charge in [0.1, 0.15) is 0 Å². The molecule has 64 valence electrons. The van der Waals surface area contributed by atoms with Gasteiger partial charge in [-0.1, -0.05) is 0 Å². The van der Waals surface area contributed by atoms with Crippen LogP contribution in [0.15, 0.2) is 5.29 Å². The Morgan fingerprint density at radius 1 is 1.45 bits per heavy atom. The molecule has 0 unspecified atom stereocenters. The van der Waals surface area contributed by atoms with Crippen molar-refractivity contribution >= 4 is 14.3 Å². The van der Waals surface area contributed by atoms with Gasteiger partial charge in [0.2, 0.25) is 0 Å². The standard InChI is InChI=1S/C5H13N3O2Si/c1-6-5(9)8(7-10)11(2,3)4/h1-4H3,(H,6,9). The third-order valence-electron chi connectivity index (χ3n) is 1.12. The average Bonchev–Trinajstić information content (AvgIpc) is 1.86. The first-order valence-corrected chi connectivity index (χ1v) is 6.73. The molecule has 0 aromatic rings. The molecular formula is C5H13N3O2Si. The van der Waals surface area contributed by atoms with Gasteiger partial charge < -0.3 is 5.32 Å². The van der Waals surface area contributed by atoms with E-state index in [0.29, 0.717) is 0 Å². The fraction of sp³-hybridized carbons (Fsp3) is 0.800. The number of carbonyl (C=O) groups excluding carboxylic acids is 1. The molecule has 0 aliphatic rings. The maximum absolute atomic E-state index is 10.9. The molecule has 0 radical (unpaired) electrons. The predicted octanol–water partition coefficient (Wildman–Crippen LogP) is 1.14. The lowest BCUT2D eigenvalue weighted by molar-refractivity contribution is 0.224. The van der Waals surface area contributed by atoms with Crippen molar-refractivity contribution in [1.29, 1.82) is 0 Å². The first kappa shape index (κ1) is 10.1. The van der Waals surface area contributed by atoms with Crippen LogP contribution in [-0.2, 0) is 0 Å². The van der Waals surface area contributed by atoms with Crippen LogP contribution in [0.4, 0.5) is 4.79 Å². The lowest BCUT2D eigenvalue weighted by Gasteiger charge is -2.24. The molecule has 6 heteroatoms.